The molecule has 1 amide bonds. The molecule has 2 aromatic rings. The molecule has 1 aliphatic heterocycles. The lowest BCUT2D eigenvalue weighted by Crippen LogP contribution is -2.61. The zero-order valence-electron chi connectivity index (χ0n) is 15.3. The van der Waals surface area contributed by atoms with Crippen LogP contribution < -0.4 is 0 Å². The maximum atomic E-state index is 13.1. The number of carbonyl (C=O) groups excluding carboxylic acids is 1. The van der Waals surface area contributed by atoms with Crippen molar-refractivity contribution in [1.29, 1.82) is 0 Å². The first kappa shape index (κ1) is 17.1. The van der Waals surface area contributed by atoms with Crippen LogP contribution in [-0.2, 0) is 16.6 Å². The van der Waals surface area contributed by atoms with Crippen LogP contribution in [0.15, 0.2) is 16.5 Å². The lowest BCUT2D eigenvalue weighted by molar-refractivity contribution is -0.192. The molecule has 3 aliphatic rings. The van der Waals surface area contributed by atoms with Crippen LogP contribution >= 0.6 is 0 Å². The van der Waals surface area contributed by atoms with Gasteiger partial charge in [0.2, 0.25) is 0 Å². The van der Waals surface area contributed by atoms with Crippen molar-refractivity contribution in [2.45, 2.75) is 63.1 Å². The Labute approximate surface area is 154 Å². The Balaban J connectivity index is 1.59. The number of alkyl halides is 3. The summed E-state index contributed by atoms with van der Waals surface area (Å²) < 4.78 is 45.1. The summed E-state index contributed by atoms with van der Waals surface area (Å²) in [6.07, 6.45) is -1.71. The topological polar surface area (TPSA) is 46.3 Å². The van der Waals surface area contributed by atoms with Gasteiger partial charge in [-0.25, -0.2) is 4.98 Å². The number of hydrogen-bond acceptors (Lipinski definition) is 3. The van der Waals surface area contributed by atoms with E-state index in [1.54, 1.807) is 0 Å². The summed E-state index contributed by atoms with van der Waals surface area (Å²) in [4.78, 5) is 17.6. The molecule has 0 N–H and O–H groups in total. The number of carbonyl (C=O) groups is 1. The van der Waals surface area contributed by atoms with Gasteiger partial charge in [0.25, 0.3) is 0 Å². The highest BCUT2D eigenvalue weighted by molar-refractivity contribution is 5.83. The molecular formula is C20H21F3N2O2. The fourth-order valence-corrected chi connectivity index (χ4v) is 4.99. The first-order valence-corrected chi connectivity index (χ1v) is 9.50. The summed E-state index contributed by atoms with van der Waals surface area (Å²) in [5, 5.41) is 0. The molecule has 0 spiro atoms. The van der Waals surface area contributed by atoms with E-state index in [-0.39, 0.29) is 17.9 Å². The maximum absolute atomic E-state index is 13.1. The number of likely N-dealkylation sites (tertiary alicyclic amines) is 1. The molecule has 144 valence electrons. The Hall–Kier alpha value is -2.05. The summed E-state index contributed by atoms with van der Waals surface area (Å²) in [7, 11) is 0. The van der Waals surface area contributed by atoms with Gasteiger partial charge in [0.1, 0.15) is 5.52 Å². The van der Waals surface area contributed by atoms with Gasteiger partial charge in [-0.2, -0.15) is 13.2 Å². The smallest absolute Gasteiger partial charge is 0.440 e. The van der Waals surface area contributed by atoms with E-state index in [0.29, 0.717) is 24.3 Å². The fraction of sp³-hybridized carbons (Fsp3) is 0.600. The van der Waals surface area contributed by atoms with Crippen LogP contribution in [0.1, 0.15) is 56.0 Å². The monoisotopic (exact) mass is 378 g/mol. The Morgan fingerprint density at radius 2 is 2.07 bits per heavy atom. The van der Waals surface area contributed by atoms with E-state index < -0.39 is 18.1 Å². The molecule has 2 aliphatic carbocycles. The predicted octanol–water partition coefficient (Wildman–Crippen LogP) is 4.32. The van der Waals surface area contributed by atoms with Crippen molar-refractivity contribution in [2.75, 3.05) is 6.54 Å². The Morgan fingerprint density at radius 3 is 2.74 bits per heavy atom. The van der Waals surface area contributed by atoms with Crippen molar-refractivity contribution < 1.29 is 22.4 Å². The number of fused-ring (bicyclic) bond motifs is 5. The third kappa shape index (κ3) is 2.43. The van der Waals surface area contributed by atoms with Crippen LogP contribution in [0, 0.1) is 5.92 Å². The quantitative estimate of drug-likeness (QED) is 0.743. The Kier molecular flexibility index (Phi) is 3.33. The zero-order valence-corrected chi connectivity index (χ0v) is 15.3. The van der Waals surface area contributed by atoms with Crippen molar-refractivity contribution in [3.8, 4) is 0 Å². The molecule has 2 fully saturated rings. The molecule has 27 heavy (non-hydrogen) atoms. The molecule has 7 heteroatoms. The largest absolute Gasteiger partial charge is 0.471 e. The number of benzene rings is 1. The molecule has 1 aromatic heterocycles. The minimum Gasteiger partial charge on any atom is -0.440 e. The van der Waals surface area contributed by atoms with Gasteiger partial charge < -0.3 is 9.32 Å². The second-order valence-electron chi connectivity index (χ2n) is 8.53. The highest BCUT2D eigenvalue weighted by Crippen LogP contribution is 2.50. The summed E-state index contributed by atoms with van der Waals surface area (Å²) in [6, 6.07) is 3.55. The van der Waals surface area contributed by atoms with Crippen LogP contribution in [0.25, 0.3) is 11.1 Å². The van der Waals surface area contributed by atoms with Crippen molar-refractivity contribution in [3.63, 3.8) is 0 Å². The number of nitrogens with zero attached hydrogens (tertiary/aromatic N) is 2. The van der Waals surface area contributed by atoms with E-state index in [1.807, 2.05) is 13.0 Å². The standard InChI is InChI=1S/C20H21F3N2O2/c1-10-15-7-12-8-16-14(24-17(27-16)11-3-4-11)9-13(12)19(10,2)5-6-25(15)18(26)20(21,22)23/h8-11,15H,3-7H2,1-2H3/t10-,15-,19-/m1/s1. The van der Waals surface area contributed by atoms with Crippen molar-refractivity contribution in [3.05, 3.63) is 29.2 Å². The second-order valence-corrected chi connectivity index (χ2v) is 8.53. The van der Waals surface area contributed by atoms with Crippen molar-refractivity contribution in [1.82, 2.24) is 9.88 Å². The molecule has 5 rings (SSSR count). The van der Waals surface area contributed by atoms with E-state index in [9.17, 15) is 18.0 Å². The Morgan fingerprint density at radius 1 is 1.33 bits per heavy atom. The third-order valence-corrected chi connectivity index (χ3v) is 6.96. The number of piperidine rings is 1. The van der Waals surface area contributed by atoms with E-state index in [0.717, 1.165) is 40.3 Å². The number of aromatic nitrogens is 1. The summed E-state index contributed by atoms with van der Waals surface area (Å²) in [5.41, 5.74) is 3.38. The second kappa shape index (κ2) is 5.26. The van der Waals surface area contributed by atoms with Crippen LogP contribution in [-0.4, -0.2) is 34.6 Å². The van der Waals surface area contributed by atoms with E-state index in [2.05, 4.69) is 18.0 Å². The van der Waals surface area contributed by atoms with Crippen LogP contribution in [0.2, 0.25) is 0 Å². The molecule has 4 nitrogen and oxygen atoms in total. The van der Waals surface area contributed by atoms with E-state index >= 15 is 0 Å². The first-order chi connectivity index (χ1) is 12.7. The predicted molar refractivity (Wildman–Crippen MR) is 92.4 cm³/mol. The SMILES string of the molecule is C[C@@H]1[C@H]2Cc3cc4oc(C5CC5)nc4cc3[C@]1(C)CCN2C(=O)C(F)(F)F. The minimum absolute atomic E-state index is 0.0581. The number of hydrogen-bond donors (Lipinski definition) is 0. The van der Waals surface area contributed by atoms with Crippen LogP contribution in [0.3, 0.4) is 0 Å². The average Bonchev–Trinajstić information content (AvgIpc) is 3.36. The van der Waals surface area contributed by atoms with Gasteiger partial charge in [-0.15, -0.1) is 0 Å². The van der Waals surface area contributed by atoms with Crippen molar-refractivity contribution in [2.24, 2.45) is 5.92 Å². The van der Waals surface area contributed by atoms with E-state index in [4.69, 9.17) is 4.42 Å². The first-order valence-electron chi connectivity index (χ1n) is 9.50. The van der Waals surface area contributed by atoms with Crippen LogP contribution in [0.5, 0.6) is 0 Å². The fourth-order valence-electron chi connectivity index (χ4n) is 4.99. The summed E-state index contributed by atoms with van der Waals surface area (Å²) in [5.74, 6) is -0.607. The van der Waals surface area contributed by atoms with Gasteiger partial charge in [-0.05, 0) is 60.3 Å². The maximum Gasteiger partial charge on any atom is 0.471 e. The molecule has 2 bridgehead atoms. The van der Waals surface area contributed by atoms with Crippen molar-refractivity contribution >= 4 is 17.0 Å². The minimum atomic E-state index is -4.83. The molecule has 1 aromatic carbocycles. The summed E-state index contributed by atoms with van der Waals surface area (Å²) >= 11 is 0. The molecule has 0 unspecified atom stereocenters. The molecule has 1 saturated carbocycles. The van der Waals surface area contributed by atoms with Gasteiger partial charge >= 0.3 is 12.1 Å². The third-order valence-electron chi connectivity index (χ3n) is 6.96. The zero-order chi connectivity index (χ0) is 19.1. The lowest BCUT2D eigenvalue weighted by Gasteiger charge is -2.54. The lowest BCUT2D eigenvalue weighted by atomic mass is 9.59. The highest BCUT2D eigenvalue weighted by atomic mass is 19.4. The van der Waals surface area contributed by atoms with Crippen LogP contribution in [0.4, 0.5) is 13.2 Å². The molecule has 0 radical (unpaired) electrons. The molecule has 2 heterocycles. The molecule has 1 saturated heterocycles. The molecular weight excluding hydrogens is 357 g/mol. The highest BCUT2D eigenvalue weighted by Gasteiger charge is 2.54. The normalized spacial score (nSPS) is 30.5. The summed E-state index contributed by atoms with van der Waals surface area (Å²) in [6.45, 7) is 4.20. The Bertz CT molecular complexity index is 947. The molecule has 3 atom stereocenters. The van der Waals surface area contributed by atoms with Gasteiger partial charge in [-0.3, -0.25) is 4.79 Å². The van der Waals surface area contributed by atoms with E-state index in [1.165, 1.54) is 0 Å². The number of amides is 1. The average molecular weight is 378 g/mol. The van der Waals surface area contributed by atoms with Gasteiger partial charge in [-0.1, -0.05) is 13.8 Å². The van der Waals surface area contributed by atoms with Gasteiger partial charge in [0.15, 0.2) is 11.5 Å². The number of oxazole rings is 1. The number of halogens is 3. The van der Waals surface area contributed by atoms with Gasteiger partial charge in [0.05, 0.1) is 0 Å². The van der Waals surface area contributed by atoms with Gasteiger partial charge in [0, 0.05) is 18.5 Å². The number of rotatable bonds is 1.